The SMILES string of the molecule is Cc1ccc(NC(=O)c2cc(S(C)(=O)=O)ccc2C)cc1F. The first-order valence-corrected chi connectivity index (χ1v) is 8.46. The molecule has 22 heavy (non-hydrogen) atoms. The zero-order valence-electron chi connectivity index (χ0n) is 12.5. The van der Waals surface area contributed by atoms with E-state index in [9.17, 15) is 17.6 Å². The first-order valence-electron chi connectivity index (χ1n) is 6.56. The van der Waals surface area contributed by atoms with Gasteiger partial charge in [-0.15, -0.1) is 0 Å². The van der Waals surface area contributed by atoms with E-state index in [1.54, 1.807) is 32.0 Å². The zero-order chi connectivity index (χ0) is 16.5. The highest BCUT2D eigenvalue weighted by atomic mass is 32.2. The van der Waals surface area contributed by atoms with Crippen LogP contribution in [0.5, 0.6) is 0 Å². The van der Waals surface area contributed by atoms with Crippen LogP contribution in [0.2, 0.25) is 0 Å². The van der Waals surface area contributed by atoms with E-state index in [0.717, 1.165) is 6.26 Å². The molecule has 0 unspecified atom stereocenters. The van der Waals surface area contributed by atoms with Crippen molar-refractivity contribution in [1.82, 2.24) is 0 Å². The maximum absolute atomic E-state index is 13.5. The van der Waals surface area contributed by atoms with E-state index in [0.29, 0.717) is 16.8 Å². The number of carbonyl (C=O) groups excluding carboxylic acids is 1. The lowest BCUT2D eigenvalue weighted by atomic mass is 10.1. The number of halogens is 1. The van der Waals surface area contributed by atoms with Gasteiger partial charge in [0.2, 0.25) is 0 Å². The van der Waals surface area contributed by atoms with Crippen LogP contribution in [0.1, 0.15) is 21.5 Å². The minimum absolute atomic E-state index is 0.0679. The molecule has 0 fully saturated rings. The standard InChI is InChI=1S/C16H16FNO3S/c1-10-5-7-13(22(3,20)21)9-14(10)16(19)18-12-6-4-11(2)15(17)8-12/h4-9H,1-3H3,(H,18,19). The second-order valence-electron chi connectivity index (χ2n) is 5.17. The van der Waals surface area contributed by atoms with Gasteiger partial charge in [-0.25, -0.2) is 12.8 Å². The van der Waals surface area contributed by atoms with Gasteiger partial charge in [0.15, 0.2) is 9.84 Å². The van der Waals surface area contributed by atoms with E-state index in [-0.39, 0.29) is 10.5 Å². The Hall–Kier alpha value is -2.21. The van der Waals surface area contributed by atoms with Gasteiger partial charge >= 0.3 is 0 Å². The molecule has 2 rings (SSSR count). The zero-order valence-corrected chi connectivity index (χ0v) is 13.3. The van der Waals surface area contributed by atoms with Crippen molar-refractivity contribution >= 4 is 21.4 Å². The van der Waals surface area contributed by atoms with Gasteiger partial charge in [0.05, 0.1) is 4.90 Å². The summed E-state index contributed by atoms with van der Waals surface area (Å²) in [5.74, 6) is -0.898. The predicted octanol–water partition coefficient (Wildman–Crippen LogP) is 3.10. The first kappa shape index (κ1) is 16.2. The first-order chi connectivity index (χ1) is 10.2. The molecule has 0 bridgehead atoms. The van der Waals surface area contributed by atoms with Gasteiger partial charge in [0, 0.05) is 17.5 Å². The number of hydrogen-bond acceptors (Lipinski definition) is 3. The second-order valence-corrected chi connectivity index (χ2v) is 7.18. The number of amides is 1. The average molecular weight is 321 g/mol. The summed E-state index contributed by atoms with van der Waals surface area (Å²) in [6.07, 6.45) is 1.08. The molecule has 0 aliphatic heterocycles. The van der Waals surface area contributed by atoms with E-state index in [4.69, 9.17) is 0 Å². The van der Waals surface area contributed by atoms with Crippen LogP contribution in [-0.2, 0) is 9.84 Å². The van der Waals surface area contributed by atoms with Crippen molar-refractivity contribution in [3.63, 3.8) is 0 Å². The summed E-state index contributed by atoms with van der Waals surface area (Å²) in [7, 11) is -3.40. The van der Waals surface area contributed by atoms with Crippen LogP contribution >= 0.6 is 0 Å². The predicted molar refractivity (Wildman–Crippen MR) is 83.4 cm³/mol. The number of hydrogen-bond donors (Lipinski definition) is 1. The van der Waals surface area contributed by atoms with Crippen LogP contribution in [0.3, 0.4) is 0 Å². The molecule has 1 amide bonds. The Bertz CT molecular complexity index is 844. The Morgan fingerprint density at radius 3 is 2.27 bits per heavy atom. The van der Waals surface area contributed by atoms with Gasteiger partial charge < -0.3 is 5.32 Å². The molecular formula is C16H16FNO3S. The van der Waals surface area contributed by atoms with Gasteiger partial charge in [0.25, 0.3) is 5.91 Å². The lowest BCUT2D eigenvalue weighted by molar-refractivity contribution is 0.102. The third-order valence-electron chi connectivity index (χ3n) is 3.31. The molecule has 0 aliphatic rings. The van der Waals surface area contributed by atoms with E-state index < -0.39 is 21.6 Å². The summed E-state index contributed by atoms with van der Waals surface area (Å²) in [4.78, 5) is 12.3. The van der Waals surface area contributed by atoms with Crippen LogP contribution in [0.25, 0.3) is 0 Å². The lowest BCUT2D eigenvalue weighted by Gasteiger charge is -2.10. The van der Waals surface area contributed by atoms with E-state index in [1.807, 2.05) is 0 Å². The molecule has 1 N–H and O–H groups in total. The molecule has 0 aromatic heterocycles. The molecule has 2 aromatic rings. The van der Waals surface area contributed by atoms with Crippen molar-refractivity contribution in [3.05, 3.63) is 58.9 Å². The fraction of sp³-hybridized carbons (Fsp3) is 0.188. The Balaban J connectivity index is 2.35. The highest BCUT2D eigenvalue weighted by Crippen LogP contribution is 2.19. The molecule has 4 nitrogen and oxygen atoms in total. The van der Waals surface area contributed by atoms with E-state index >= 15 is 0 Å². The molecule has 0 radical (unpaired) electrons. The molecule has 0 aliphatic carbocycles. The number of nitrogens with one attached hydrogen (secondary N) is 1. The number of carbonyl (C=O) groups is 1. The third kappa shape index (κ3) is 3.51. The van der Waals surface area contributed by atoms with Crippen molar-refractivity contribution in [1.29, 1.82) is 0 Å². The number of aryl methyl sites for hydroxylation is 2. The van der Waals surface area contributed by atoms with Crippen molar-refractivity contribution in [2.24, 2.45) is 0 Å². The Morgan fingerprint density at radius 1 is 1.05 bits per heavy atom. The molecule has 2 aromatic carbocycles. The number of sulfone groups is 1. The van der Waals surface area contributed by atoms with Crippen molar-refractivity contribution in [2.45, 2.75) is 18.7 Å². The lowest BCUT2D eigenvalue weighted by Crippen LogP contribution is -2.14. The summed E-state index contributed by atoms with van der Waals surface area (Å²) in [6, 6.07) is 8.72. The molecule has 6 heteroatoms. The third-order valence-corrected chi connectivity index (χ3v) is 4.42. The molecule has 116 valence electrons. The second kappa shape index (κ2) is 5.88. The summed E-state index contributed by atoms with van der Waals surface area (Å²) in [5.41, 5.74) is 1.67. The highest BCUT2D eigenvalue weighted by molar-refractivity contribution is 7.90. The van der Waals surface area contributed by atoms with Gasteiger partial charge in [-0.3, -0.25) is 4.79 Å². The van der Waals surface area contributed by atoms with Crippen LogP contribution in [0.15, 0.2) is 41.3 Å². The highest BCUT2D eigenvalue weighted by Gasteiger charge is 2.15. The number of anilines is 1. The molecule has 0 spiro atoms. The van der Waals surface area contributed by atoms with Crippen LogP contribution in [0, 0.1) is 19.7 Å². The number of benzene rings is 2. The number of rotatable bonds is 3. The fourth-order valence-electron chi connectivity index (χ4n) is 1.95. The fourth-order valence-corrected chi connectivity index (χ4v) is 2.59. The van der Waals surface area contributed by atoms with Gasteiger partial charge in [0.1, 0.15) is 5.82 Å². The van der Waals surface area contributed by atoms with E-state index in [2.05, 4.69) is 5.32 Å². The molecule has 0 saturated heterocycles. The maximum Gasteiger partial charge on any atom is 0.255 e. The Morgan fingerprint density at radius 2 is 1.68 bits per heavy atom. The molecule has 0 saturated carbocycles. The topological polar surface area (TPSA) is 63.2 Å². The average Bonchev–Trinajstić information content (AvgIpc) is 2.42. The maximum atomic E-state index is 13.5. The normalized spacial score (nSPS) is 11.3. The Kier molecular flexibility index (Phi) is 4.32. The molecular weight excluding hydrogens is 305 g/mol. The largest absolute Gasteiger partial charge is 0.322 e. The molecule has 0 atom stereocenters. The smallest absolute Gasteiger partial charge is 0.255 e. The van der Waals surface area contributed by atoms with Gasteiger partial charge in [-0.1, -0.05) is 12.1 Å². The monoisotopic (exact) mass is 321 g/mol. The van der Waals surface area contributed by atoms with Gasteiger partial charge in [-0.05, 0) is 49.2 Å². The summed E-state index contributed by atoms with van der Waals surface area (Å²) < 4.78 is 36.7. The minimum Gasteiger partial charge on any atom is -0.322 e. The van der Waals surface area contributed by atoms with Gasteiger partial charge in [-0.2, -0.15) is 0 Å². The summed E-state index contributed by atoms with van der Waals surface area (Å²) >= 11 is 0. The summed E-state index contributed by atoms with van der Waals surface area (Å²) in [5, 5.41) is 2.57. The summed E-state index contributed by atoms with van der Waals surface area (Å²) in [6.45, 7) is 3.33. The quantitative estimate of drug-likeness (QED) is 0.945. The minimum atomic E-state index is -3.40. The van der Waals surface area contributed by atoms with Crippen LogP contribution < -0.4 is 5.32 Å². The Labute approximate surface area is 128 Å². The van der Waals surface area contributed by atoms with Crippen LogP contribution in [0.4, 0.5) is 10.1 Å². The van der Waals surface area contributed by atoms with Crippen molar-refractivity contribution < 1.29 is 17.6 Å². The van der Waals surface area contributed by atoms with Crippen molar-refractivity contribution in [2.75, 3.05) is 11.6 Å². The van der Waals surface area contributed by atoms with Crippen LogP contribution in [-0.4, -0.2) is 20.6 Å². The van der Waals surface area contributed by atoms with E-state index in [1.165, 1.54) is 18.2 Å². The van der Waals surface area contributed by atoms with Crippen molar-refractivity contribution in [3.8, 4) is 0 Å². The molecule has 0 heterocycles.